The monoisotopic (exact) mass is 493 g/mol. The number of thiazole rings is 1. The summed E-state index contributed by atoms with van der Waals surface area (Å²) in [6, 6.07) is 8.23. The summed E-state index contributed by atoms with van der Waals surface area (Å²) in [6.07, 6.45) is -3.37. The number of rotatable bonds is 8. The van der Waals surface area contributed by atoms with Crippen molar-refractivity contribution in [3.05, 3.63) is 63.9 Å². The van der Waals surface area contributed by atoms with Crippen LogP contribution in [0, 0.1) is 0 Å². The summed E-state index contributed by atoms with van der Waals surface area (Å²) >= 11 is 1.39. The quantitative estimate of drug-likeness (QED) is 0.470. The second-order valence-corrected chi connectivity index (χ2v) is 9.03. The number of benzene rings is 1. The van der Waals surface area contributed by atoms with E-state index in [9.17, 15) is 23.1 Å². The van der Waals surface area contributed by atoms with Gasteiger partial charge in [0.2, 0.25) is 5.91 Å². The van der Waals surface area contributed by atoms with Gasteiger partial charge in [-0.05, 0) is 37.8 Å². The zero-order valence-corrected chi connectivity index (χ0v) is 19.4. The van der Waals surface area contributed by atoms with Gasteiger partial charge in [0, 0.05) is 35.8 Å². The molecule has 0 aliphatic heterocycles. The van der Waals surface area contributed by atoms with Crippen LogP contribution in [0.4, 0.5) is 18.9 Å². The maximum absolute atomic E-state index is 13.5. The summed E-state index contributed by atoms with van der Waals surface area (Å²) in [7, 11) is 1.64. The number of nitrogens with one attached hydrogen (secondary N) is 1. The van der Waals surface area contributed by atoms with E-state index in [1.165, 1.54) is 20.9 Å². The van der Waals surface area contributed by atoms with Crippen molar-refractivity contribution in [1.82, 2.24) is 20.1 Å². The minimum atomic E-state index is -4.55. The van der Waals surface area contributed by atoms with Crippen LogP contribution in [0.15, 0.2) is 41.2 Å². The molecule has 7 nitrogen and oxygen atoms in total. The predicted molar refractivity (Wildman–Crippen MR) is 122 cm³/mol. The van der Waals surface area contributed by atoms with Gasteiger partial charge in [0.1, 0.15) is 6.23 Å². The number of carbonyl (C=O) groups excluding carboxylic acids is 1. The number of halogens is 3. The summed E-state index contributed by atoms with van der Waals surface area (Å²) in [6.45, 7) is -0.200. The molecule has 182 valence electrons. The number of aliphatic hydroxyl groups is 1. The molecule has 11 heteroatoms. The van der Waals surface area contributed by atoms with Crippen LogP contribution in [0.1, 0.15) is 35.5 Å². The lowest BCUT2D eigenvalue weighted by molar-refractivity contribution is -0.142. The number of alkyl halides is 3. The molecule has 1 amide bonds. The van der Waals surface area contributed by atoms with Gasteiger partial charge in [0.25, 0.3) is 0 Å². The molecule has 1 aliphatic carbocycles. The van der Waals surface area contributed by atoms with Gasteiger partial charge in [-0.3, -0.25) is 14.8 Å². The molecular formula is C23H26F3N5O2S. The van der Waals surface area contributed by atoms with Gasteiger partial charge in [0.05, 0.1) is 23.8 Å². The molecule has 2 atom stereocenters. The lowest BCUT2D eigenvalue weighted by Gasteiger charge is -2.27. The van der Waals surface area contributed by atoms with Gasteiger partial charge in [-0.1, -0.05) is 18.2 Å². The molecule has 2 aromatic heterocycles. The maximum Gasteiger partial charge on any atom is 0.435 e. The second-order valence-electron chi connectivity index (χ2n) is 8.31. The van der Waals surface area contributed by atoms with E-state index in [-0.39, 0.29) is 24.4 Å². The molecule has 1 unspecified atom stereocenters. The highest BCUT2D eigenvalue weighted by atomic mass is 32.1. The van der Waals surface area contributed by atoms with Gasteiger partial charge in [0.15, 0.2) is 5.69 Å². The fourth-order valence-corrected chi connectivity index (χ4v) is 4.85. The van der Waals surface area contributed by atoms with Crippen LogP contribution in [0.3, 0.4) is 0 Å². The smallest absolute Gasteiger partial charge is 0.377 e. The summed E-state index contributed by atoms with van der Waals surface area (Å²) in [4.78, 5) is 19.0. The number of carbonyl (C=O) groups is 1. The summed E-state index contributed by atoms with van der Waals surface area (Å²) < 4.78 is 41.7. The lowest BCUT2D eigenvalue weighted by Crippen LogP contribution is -2.51. The molecule has 34 heavy (non-hydrogen) atoms. The first kappa shape index (κ1) is 24.4. The molecule has 0 radical (unpaired) electrons. The van der Waals surface area contributed by atoms with Crippen molar-refractivity contribution < 1.29 is 23.1 Å². The number of anilines is 1. The lowest BCUT2D eigenvalue weighted by atomic mass is 9.95. The van der Waals surface area contributed by atoms with Gasteiger partial charge in [-0.25, -0.2) is 4.98 Å². The van der Waals surface area contributed by atoms with Crippen LogP contribution in [0.5, 0.6) is 0 Å². The molecule has 2 N–H and O–H groups in total. The Morgan fingerprint density at radius 3 is 2.68 bits per heavy atom. The minimum absolute atomic E-state index is 0.200. The number of hydrogen-bond acceptors (Lipinski definition) is 6. The third-order valence-electron chi connectivity index (χ3n) is 5.93. The van der Waals surface area contributed by atoms with Crippen LogP contribution in [-0.2, 0) is 36.8 Å². The number of aliphatic hydroxyl groups excluding tert-OH is 1. The topological polar surface area (TPSA) is 83.3 Å². The SMILES string of the molecule is CN(C(=O)[C@H](Cc1cscn1)NC(O)Cn1nc(C(F)(F)F)c2c1CCCC2)c1ccccc1. The Hall–Kier alpha value is -2.76. The van der Waals surface area contributed by atoms with Gasteiger partial charge in [-0.15, -0.1) is 11.3 Å². The van der Waals surface area contributed by atoms with Crippen molar-refractivity contribution in [2.75, 3.05) is 11.9 Å². The first-order chi connectivity index (χ1) is 16.2. The molecular weight excluding hydrogens is 467 g/mol. The average Bonchev–Trinajstić information content (AvgIpc) is 3.46. The van der Waals surface area contributed by atoms with Crippen molar-refractivity contribution in [3.63, 3.8) is 0 Å². The first-order valence-corrected chi connectivity index (χ1v) is 12.0. The largest absolute Gasteiger partial charge is 0.435 e. The molecule has 1 aliphatic rings. The van der Waals surface area contributed by atoms with E-state index in [0.717, 1.165) is 6.42 Å². The Labute approximate surface area is 199 Å². The molecule has 0 saturated heterocycles. The van der Waals surface area contributed by atoms with E-state index >= 15 is 0 Å². The van der Waals surface area contributed by atoms with Crippen LogP contribution in [-0.4, -0.2) is 45.1 Å². The maximum atomic E-state index is 13.5. The summed E-state index contributed by atoms with van der Waals surface area (Å²) in [5.41, 5.74) is 2.85. The Kier molecular flexibility index (Phi) is 7.34. The third kappa shape index (κ3) is 5.48. The normalized spacial score (nSPS) is 15.6. The summed E-state index contributed by atoms with van der Waals surface area (Å²) in [5, 5.41) is 19.3. The zero-order chi connectivity index (χ0) is 24.3. The molecule has 3 aromatic rings. The number of para-hydroxylation sites is 1. The van der Waals surface area contributed by atoms with Gasteiger partial charge in [-0.2, -0.15) is 18.3 Å². The zero-order valence-electron chi connectivity index (χ0n) is 18.6. The average molecular weight is 494 g/mol. The molecule has 1 aromatic carbocycles. The van der Waals surface area contributed by atoms with Gasteiger partial charge < -0.3 is 10.0 Å². The summed E-state index contributed by atoms with van der Waals surface area (Å²) in [5.74, 6) is -0.295. The van der Waals surface area contributed by atoms with Crippen molar-refractivity contribution in [1.29, 1.82) is 0 Å². The van der Waals surface area contributed by atoms with Crippen molar-refractivity contribution in [2.24, 2.45) is 0 Å². The number of nitrogens with zero attached hydrogens (tertiary/aromatic N) is 4. The van der Waals surface area contributed by atoms with Crippen LogP contribution in [0.25, 0.3) is 0 Å². The molecule has 2 heterocycles. The number of likely N-dealkylation sites (N-methyl/N-ethyl adjacent to an activating group) is 1. The van der Waals surface area contributed by atoms with Crippen molar-refractivity contribution in [2.45, 2.75) is 57.1 Å². The van der Waals surface area contributed by atoms with Gasteiger partial charge >= 0.3 is 6.18 Å². The van der Waals surface area contributed by atoms with Crippen LogP contribution in [0.2, 0.25) is 0 Å². The van der Waals surface area contributed by atoms with E-state index in [4.69, 9.17) is 0 Å². The van der Waals surface area contributed by atoms with E-state index in [1.807, 2.05) is 23.6 Å². The molecule has 0 spiro atoms. The van der Waals surface area contributed by atoms with Crippen LogP contribution >= 0.6 is 11.3 Å². The Morgan fingerprint density at radius 2 is 2.00 bits per heavy atom. The Morgan fingerprint density at radius 1 is 1.26 bits per heavy atom. The van der Waals surface area contributed by atoms with E-state index in [1.54, 1.807) is 24.7 Å². The van der Waals surface area contributed by atoms with E-state index in [0.29, 0.717) is 36.3 Å². The number of amides is 1. The van der Waals surface area contributed by atoms with Crippen molar-refractivity contribution in [3.8, 4) is 0 Å². The molecule has 4 rings (SSSR count). The van der Waals surface area contributed by atoms with Crippen LogP contribution < -0.4 is 10.2 Å². The minimum Gasteiger partial charge on any atom is -0.377 e. The van der Waals surface area contributed by atoms with E-state index in [2.05, 4.69) is 15.4 Å². The predicted octanol–water partition coefficient (Wildman–Crippen LogP) is 3.42. The first-order valence-electron chi connectivity index (χ1n) is 11.0. The molecule has 0 saturated carbocycles. The highest BCUT2D eigenvalue weighted by Crippen LogP contribution is 2.35. The van der Waals surface area contributed by atoms with Crippen molar-refractivity contribution >= 4 is 22.9 Å². The fraction of sp³-hybridized carbons (Fsp3) is 0.435. The Bertz CT molecular complexity index is 1100. The number of hydrogen-bond donors (Lipinski definition) is 2. The van der Waals surface area contributed by atoms with E-state index < -0.39 is 24.1 Å². The Balaban J connectivity index is 1.54. The molecule has 0 fully saturated rings. The standard InChI is InChI=1S/C23H26F3N5O2S/c1-30(16-7-3-2-4-8-16)22(33)18(11-15-13-34-14-27-15)28-20(32)12-31-19-10-6-5-9-17(19)21(29-31)23(24,25)26/h2-4,7-8,13-14,18,20,28,32H,5-6,9-12H2,1H3/t18-,20?/m0/s1. The number of fused-ring (bicyclic) bond motifs is 1. The highest BCUT2D eigenvalue weighted by Gasteiger charge is 2.39. The highest BCUT2D eigenvalue weighted by molar-refractivity contribution is 7.07. The second kappa shape index (κ2) is 10.2. The molecule has 0 bridgehead atoms. The number of aromatic nitrogens is 3. The third-order valence-corrected chi connectivity index (χ3v) is 6.57. The fourth-order valence-electron chi connectivity index (χ4n) is 4.28.